The Morgan fingerprint density at radius 1 is 1.26 bits per heavy atom. The molecule has 0 radical (unpaired) electrons. The molecule has 0 bridgehead atoms. The summed E-state index contributed by atoms with van der Waals surface area (Å²) in [6.45, 7) is 1.73. The molecule has 5 nitrogen and oxygen atoms in total. The van der Waals surface area contributed by atoms with Gasteiger partial charge in [-0.2, -0.15) is 5.10 Å². The monoisotopic (exact) mass is 262 g/mol. The number of anilines is 1. The van der Waals surface area contributed by atoms with Crippen LogP contribution in [-0.4, -0.2) is 33.7 Å². The van der Waals surface area contributed by atoms with Gasteiger partial charge in [0.1, 0.15) is 5.69 Å². The Balaban J connectivity index is 1.70. The highest BCUT2D eigenvalue weighted by molar-refractivity contribution is 5.97. The molecule has 1 saturated heterocycles. The number of carbonyl (C=O) groups is 1. The van der Waals surface area contributed by atoms with Crippen LogP contribution >= 0.6 is 0 Å². The number of amides is 1. The van der Waals surface area contributed by atoms with Gasteiger partial charge in [0.15, 0.2) is 0 Å². The molecule has 2 aliphatic rings. The van der Waals surface area contributed by atoms with Gasteiger partial charge in [0.25, 0.3) is 5.91 Å². The van der Waals surface area contributed by atoms with Gasteiger partial charge >= 0.3 is 0 Å². The van der Waals surface area contributed by atoms with Crippen molar-refractivity contribution in [2.24, 2.45) is 12.5 Å². The zero-order chi connectivity index (χ0) is 13.5. The molecule has 1 saturated carbocycles. The molecule has 1 spiro atoms. The maximum atomic E-state index is 12.5. The lowest BCUT2D eigenvalue weighted by Gasteiger charge is -2.39. The number of nitrogens with zero attached hydrogens (tertiary/aromatic N) is 3. The van der Waals surface area contributed by atoms with Crippen molar-refractivity contribution in [2.75, 3.05) is 18.8 Å². The van der Waals surface area contributed by atoms with E-state index in [2.05, 4.69) is 5.10 Å². The van der Waals surface area contributed by atoms with Crippen molar-refractivity contribution in [3.05, 3.63) is 11.9 Å². The second-order valence-electron chi connectivity index (χ2n) is 6.07. The highest BCUT2D eigenvalue weighted by atomic mass is 16.2. The first-order chi connectivity index (χ1) is 9.11. The van der Waals surface area contributed by atoms with Crippen molar-refractivity contribution in [3.63, 3.8) is 0 Å². The number of hydrogen-bond donors (Lipinski definition) is 1. The largest absolute Gasteiger partial charge is 0.396 e. The van der Waals surface area contributed by atoms with E-state index in [0.717, 1.165) is 25.9 Å². The molecule has 104 valence electrons. The highest BCUT2D eigenvalue weighted by Gasteiger charge is 2.38. The predicted molar refractivity (Wildman–Crippen MR) is 73.7 cm³/mol. The van der Waals surface area contributed by atoms with Crippen molar-refractivity contribution >= 4 is 11.6 Å². The second kappa shape index (κ2) is 4.54. The predicted octanol–water partition coefficient (Wildman–Crippen LogP) is 1.80. The number of nitrogens with two attached hydrogens (primary N) is 1. The van der Waals surface area contributed by atoms with Gasteiger partial charge in [0, 0.05) is 20.1 Å². The summed E-state index contributed by atoms with van der Waals surface area (Å²) in [5, 5.41) is 4.05. The highest BCUT2D eigenvalue weighted by Crippen LogP contribution is 2.46. The summed E-state index contributed by atoms with van der Waals surface area (Å²) < 4.78 is 1.58. The van der Waals surface area contributed by atoms with Gasteiger partial charge in [-0.05, 0) is 31.1 Å². The molecule has 0 atom stereocenters. The van der Waals surface area contributed by atoms with Crippen LogP contribution in [0, 0.1) is 5.41 Å². The molecular weight excluding hydrogens is 240 g/mol. The Labute approximate surface area is 113 Å². The van der Waals surface area contributed by atoms with E-state index in [1.54, 1.807) is 17.9 Å². The second-order valence-corrected chi connectivity index (χ2v) is 6.07. The summed E-state index contributed by atoms with van der Waals surface area (Å²) in [5.74, 6) is 0.0327. The third-order valence-corrected chi connectivity index (χ3v) is 4.95. The fourth-order valence-corrected chi connectivity index (χ4v) is 3.68. The Bertz CT molecular complexity index is 458. The minimum absolute atomic E-state index is 0.0327. The fraction of sp³-hybridized carbons (Fsp3) is 0.714. The van der Waals surface area contributed by atoms with Gasteiger partial charge in [-0.3, -0.25) is 9.48 Å². The number of aryl methyl sites for hydroxylation is 1. The molecule has 1 aliphatic carbocycles. The molecule has 1 amide bonds. The summed E-state index contributed by atoms with van der Waals surface area (Å²) >= 11 is 0. The van der Waals surface area contributed by atoms with Crippen LogP contribution in [0.25, 0.3) is 0 Å². The lowest BCUT2D eigenvalue weighted by Crippen LogP contribution is -2.43. The summed E-state index contributed by atoms with van der Waals surface area (Å²) in [7, 11) is 1.77. The maximum absolute atomic E-state index is 12.5. The molecular formula is C14H22N4O. The molecule has 1 aliphatic heterocycles. The van der Waals surface area contributed by atoms with Crippen LogP contribution in [0.1, 0.15) is 49.0 Å². The van der Waals surface area contributed by atoms with E-state index in [9.17, 15) is 4.79 Å². The summed E-state index contributed by atoms with van der Waals surface area (Å²) in [6.07, 6.45) is 9.28. The summed E-state index contributed by atoms with van der Waals surface area (Å²) in [5.41, 5.74) is 7.38. The van der Waals surface area contributed by atoms with Gasteiger partial charge < -0.3 is 10.6 Å². The molecule has 1 aromatic heterocycles. The van der Waals surface area contributed by atoms with Crippen molar-refractivity contribution in [2.45, 2.75) is 38.5 Å². The van der Waals surface area contributed by atoms with Gasteiger partial charge in [0.2, 0.25) is 0 Å². The minimum Gasteiger partial charge on any atom is -0.396 e. The summed E-state index contributed by atoms with van der Waals surface area (Å²) in [4.78, 5) is 14.4. The third kappa shape index (κ3) is 2.11. The van der Waals surface area contributed by atoms with Crippen LogP contribution in [-0.2, 0) is 7.05 Å². The molecule has 19 heavy (non-hydrogen) atoms. The van der Waals surface area contributed by atoms with Crippen molar-refractivity contribution in [1.29, 1.82) is 0 Å². The SMILES string of the molecule is Cn1ncc(N)c1C(=O)N1CCC2(CCCC2)CC1. The number of nitrogen functional groups attached to an aromatic ring is 1. The van der Waals surface area contributed by atoms with Crippen LogP contribution in [0.5, 0.6) is 0 Å². The Hall–Kier alpha value is -1.52. The van der Waals surface area contributed by atoms with E-state index < -0.39 is 0 Å². The molecule has 0 aromatic carbocycles. The zero-order valence-electron chi connectivity index (χ0n) is 11.6. The normalized spacial score (nSPS) is 22.1. The Morgan fingerprint density at radius 2 is 1.89 bits per heavy atom. The first kappa shape index (κ1) is 12.5. The van der Waals surface area contributed by atoms with Crippen LogP contribution in [0.15, 0.2) is 6.20 Å². The average Bonchev–Trinajstić information content (AvgIpc) is 2.98. The number of likely N-dealkylation sites (tertiary alicyclic amines) is 1. The maximum Gasteiger partial charge on any atom is 0.274 e. The zero-order valence-corrected chi connectivity index (χ0v) is 11.6. The lowest BCUT2D eigenvalue weighted by molar-refractivity contribution is 0.0578. The molecule has 2 N–H and O–H groups in total. The molecule has 5 heteroatoms. The van der Waals surface area contributed by atoms with E-state index in [4.69, 9.17) is 5.73 Å². The topological polar surface area (TPSA) is 64.2 Å². The van der Waals surface area contributed by atoms with Crippen LogP contribution in [0.4, 0.5) is 5.69 Å². The standard InChI is InChI=1S/C14H22N4O/c1-17-12(11(15)10-16-17)13(19)18-8-6-14(7-9-18)4-2-3-5-14/h10H,2-9,15H2,1H3. The van der Waals surface area contributed by atoms with Gasteiger partial charge in [-0.25, -0.2) is 0 Å². The van der Waals surface area contributed by atoms with Crippen LogP contribution in [0.3, 0.4) is 0 Å². The lowest BCUT2D eigenvalue weighted by atomic mass is 9.77. The van der Waals surface area contributed by atoms with Gasteiger partial charge in [0.05, 0.1) is 11.9 Å². The number of piperidine rings is 1. The minimum atomic E-state index is 0.0327. The average molecular weight is 262 g/mol. The third-order valence-electron chi connectivity index (χ3n) is 4.95. The Kier molecular flexibility index (Phi) is 2.99. The smallest absolute Gasteiger partial charge is 0.274 e. The molecule has 0 unspecified atom stereocenters. The van der Waals surface area contributed by atoms with E-state index in [0.29, 0.717) is 16.8 Å². The number of hydrogen-bond acceptors (Lipinski definition) is 3. The summed E-state index contributed by atoms with van der Waals surface area (Å²) in [6, 6.07) is 0. The molecule has 3 rings (SSSR count). The molecule has 2 fully saturated rings. The molecule has 1 aromatic rings. The fourth-order valence-electron chi connectivity index (χ4n) is 3.68. The quantitative estimate of drug-likeness (QED) is 0.839. The van der Waals surface area contributed by atoms with Gasteiger partial charge in [-0.15, -0.1) is 0 Å². The van der Waals surface area contributed by atoms with Crippen molar-refractivity contribution in [1.82, 2.24) is 14.7 Å². The van der Waals surface area contributed by atoms with E-state index in [1.165, 1.54) is 25.7 Å². The van der Waals surface area contributed by atoms with Crippen molar-refractivity contribution in [3.8, 4) is 0 Å². The first-order valence-electron chi connectivity index (χ1n) is 7.18. The first-order valence-corrected chi connectivity index (χ1v) is 7.18. The number of rotatable bonds is 1. The van der Waals surface area contributed by atoms with E-state index in [-0.39, 0.29) is 5.91 Å². The molecule has 2 heterocycles. The number of carbonyl (C=O) groups excluding carboxylic acids is 1. The number of aromatic nitrogens is 2. The van der Waals surface area contributed by atoms with E-state index >= 15 is 0 Å². The van der Waals surface area contributed by atoms with E-state index in [1.807, 2.05) is 4.90 Å². The van der Waals surface area contributed by atoms with Crippen LogP contribution < -0.4 is 5.73 Å². The van der Waals surface area contributed by atoms with Gasteiger partial charge in [-0.1, -0.05) is 12.8 Å². The Morgan fingerprint density at radius 3 is 2.42 bits per heavy atom. The van der Waals surface area contributed by atoms with Crippen LogP contribution in [0.2, 0.25) is 0 Å². The van der Waals surface area contributed by atoms with Crippen molar-refractivity contribution < 1.29 is 4.79 Å².